The smallest absolute Gasteiger partial charge is 0.317 e. The lowest BCUT2D eigenvalue weighted by atomic mass is 9.73. The number of hydrogen-bond acceptors (Lipinski definition) is 3. The highest BCUT2D eigenvalue weighted by Gasteiger charge is 2.42. The van der Waals surface area contributed by atoms with Crippen molar-refractivity contribution in [3.05, 3.63) is 35.9 Å². The Balaban J connectivity index is 1.52. The van der Waals surface area contributed by atoms with E-state index in [-0.39, 0.29) is 36.1 Å². The first-order valence-corrected chi connectivity index (χ1v) is 10.5. The van der Waals surface area contributed by atoms with E-state index >= 15 is 0 Å². The highest BCUT2D eigenvalue weighted by molar-refractivity contribution is 5.75. The Morgan fingerprint density at radius 1 is 1.21 bits per heavy atom. The zero-order valence-corrected chi connectivity index (χ0v) is 17.0. The van der Waals surface area contributed by atoms with Crippen LogP contribution in [0.25, 0.3) is 0 Å². The fourth-order valence-corrected chi connectivity index (χ4v) is 4.99. The molecule has 2 saturated carbocycles. The topological polar surface area (TPSA) is 81.7 Å². The summed E-state index contributed by atoms with van der Waals surface area (Å²) >= 11 is 0. The molecule has 1 aromatic rings. The highest BCUT2D eigenvalue weighted by atomic mass is 16.4. The standard InChI is InChI=1S/C22H33N3O3/c1-3-25(15-20(26)27)19-13-18(14-19)24-21(28)23-16(2)22(11-7-8-12-22)17-9-5-4-6-10-17/h4-6,9-10,16,18-19H,3,7-8,11-15H2,1-2H3,(H,26,27)(H2,23,24,28). The fourth-order valence-electron chi connectivity index (χ4n) is 4.99. The van der Waals surface area contributed by atoms with Gasteiger partial charge in [-0.1, -0.05) is 50.1 Å². The Morgan fingerprint density at radius 3 is 2.43 bits per heavy atom. The van der Waals surface area contributed by atoms with Crippen molar-refractivity contribution in [2.75, 3.05) is 13.1 Å². The number of amides is 2. The first-order chi connectivity index (χ1) is 13.4. The molecule has 0 bridgehead atoms. The van der Waals surface area contributed by atoms with E-state index in [1.165, 1.54) is 18.4 Å². The van der Waals surface area contributed by atoms with Gasteiger partial charge in [0, 0.05) is 23.5 Å². The summed E-state index contributed by atoms with van der Waals surface area (Å²) < 4.78 is 0. The summed E-state index contributed by atoms with van der Waals surface area (Å²) in [5.41, 5.74) is 1.33. The number of hydrogen-bond donors (Lipinski definition) is 3. The number of nitrogens with zero attached hydrogens (tertiary/aromatic N) is 1. The van der Waals surface area contributed by atoms with Gasteiger partial charge in [-0.3, -0.25) is 9.69 Å². The van der Waals surface area contributed by atoms with Gasteiger partial charge in [0.25, 0.3) is 0 Å². The number of carbonyl (C=O) groups excluding carboxylic acids is 1. The number of rotatable bonds is 8. The predicted octanol–water partition coefficient (Wildman–Crippen LogP) is 3.12. The fraction of sp³-hybridized carbons (Fsp3) is 0.636. The van der Waals surface area contributed by atoms with Crippen molar-refractivity contribution in [1.82, 2.24) is 15.5 Å². The molecule has 2 fully saturated rings. The van der Waals surface area contributed by atoms with Crippen molar-refractivity contribution in [3.8, 4) is 0 Å². The van der Waals surface area contributed by atoms with Crippen molar-refractivity contribution in [3.63, 3.8) is 0 Å². The Morgan fingerprint density at radius 2 is 1.86 bits per heavy atom. The number of nitrogens with one attached hydrogen (secondary N) is 2. The van der Waals surface area contributed by atoms with Crippen LogP contribution < -0.4 is 10.6 Å². The lowest BCUT2D eigenvalue weighted by Gasteiger charge is -2.43. The molecule has 6 nitrogen and oxygen atoms in total. The molecule has 154 valence electrons. The maximum Gasteiger partial charge on any atom is 0.317 e. The lowest BCUT2D eigenvalue weighted by Crippen LogP contribution is -2.58. The molecule has 3 N–H and O–H groups in total. The normalized spacial score (nSPS) is 24.4. The predicted molar refractivity (Wildman–Crippen MR) is 109 cm³/mol. The van der Waals surface area contributed by atoms with E-state index < -0.39 is 5.97 Å². The van der Waals surface area contributed by atoms with Crippen LogP contribution in [0.3, 0.4) is 0 Å². The molecular weight excluding hydrogens is 354 g/mol. The SMILES string of the molecule is CCN(CC(=O)O)C1CC(NC(=O)NC(C)C2(c3ccccc3)CCCC2)C1. The van der Waals surface area contributed by atoms with Crippen molar-refractivity contribution >= 4 is 12.0 Å². The van der Waals surface area contributed by atoms with Gasteiger partial charge in [0.2, 0.25) is 0 Å². The molecule has 0 heterocycles. The second kappa shape index (κ2) is 8.95. The summed E-state index contributed by atoms with van der Waals surface area (Å²) in [5, 5.41) is 15.3. The van der Waals surface area contributed by atoms with E-state index in [1.807, 2.05) is 17.9 Å². The number of aliphatic carboxylic acids is 1. The van der Waals surface area contributed by atoms with Crippen LogP contribution in [0.1, 0.15) is 57.9 Å². The summed E-state index contributed by atoms with van der Waals surface area (Å²) in [5.74, 6) is -0.799. The Kier molecular flexibility index (Phi) is 6.60. The maximum atomic E-state index is 12.6. The second-order valence-corrected chi connectivity index (χ2v) is 8.35. The van der Waals surface area contributed by atoms with Gasteiger partial charge in [-0.05, 0) is 44.7 Å². The van der Waals surface area contributed by atoms with Crippen LogP contribution in [-0.4, -0.2) is 53.2 Å². The minimum absolute atomic E-state index is 0.0151. The molecule has 1 atom stereocenters. The van der Waals surface area contributed by atoms with Gasteiger partial charge >= 0.3 is 12.0 Å². The highest BCUT2D eigenvalue weighted by Crippen LogP contribution is 2.43. The van der Waals surface area contributed by atoms with Crippen LogP contribution in [0.15, 0.2) is 30.3 Å². The van der Waals surface area contributed by atoms with Crippen LogP contribution >= 0.6 is 0 Å². The maximum absolute atomic E-state index is 12.6. The minimum Gasteiger partial charge on any atom is -0.480 e. The van der Waals surface area contributed by atoms with E-state index in [0.717, 1.165) is 25.7 Å². The van der Waals surface area contributed by atoms with Crippen molar-refractivity contribution in [2.45, 2.75) is 75.9 Å². The van der Waals surface area contributed by atoms with Crippen LogP contribution in [0.5, 0.6) is 0 Å². The lowest BCUT2D eigenvalue weighted by molar-refractivity contribution is -0.139. The first kappa shape index (κ1) is 20.6. The van der Waals surface area contributed by atoms with Crippen LogP contribution in [0.2, 0.25) is 0 Å². The van der Waals surface area contributed by atoms with Crippen LogP contribution in [0, 0.1) is 0 Å². The second-order valence-electron chi connectivity index (χ2n) is 8.35. The molecular formula is C22H33N3O3. The van der Waals surface area contributed by atoms with Crippen LogP contribution in [-0.2, 0) is 10.2 Å². The van der Waals surface area contributed by atoms with Gasteiger partial charge in [0.15, 0.2) is 0 Å². The van der Waals surface area contributed by atoms with E-state index in [4.69, 9.17) is 5.11 Å². The monoisotopic (exact) mass is 387 g/mol. The number of likely N-dealkylation sites (N-methyl/N-ethyl adjacent to an activating group) is 1. The van der Waals surface area contributed by atoms with Gasteiger partial charge in [0.05, 0.1) is 6.54 Å². The average Bonchev–Trinajstić information content (AvgIpc) is 3.14. The minimum atomic E-state index is -0.799. The summed E-state index contributed by atoms with van der Waals surface area (Å²) in [6, 6.07) is 10.9. The van der Waals surface area contributed by atoms with Gasteiger partial charge in [-0.15, -0.1) is 0 Å². The third kappa shape index (κ3) is 4.49. The molecule has 0 aromatic heterocycles. The zero-order chi connectivity index (χ0) is 20.1. The first-order valence-electron chi connectivity index (χ1n) is 10.5. The molecule has 0 radical (unpaired) electrons. The Bertz CT molecular complexity index is 667. The molecule has 1 unspecified atom stereocenters. The molecule has 28 heavy (non-hydrogen) atoms. The number of benzene rings is 1. The van der Waals surface area contributed by atoms with E-state index in [9.17, 15) is 9.59 Å². The molecule has 2 aliphatic rings. The summed E-state index contributed by atoms with van der Waals surface area (Å²) in [6.07, 6.45) is 6.22. The molecule has 1 aromatic carbocycles. The molecule has 2 amide bonds. The van der Waals surface area contributed by atoms with Gasteiger partial charge < -0.3 is 15.7 Å². The van der Waals surface area contributed by atoms with E-state index in [2.05, 4.69) is 41.8 Å². The Hall–Kier alpha value is -2.08. The average molecular weight is 388 g/mol. The largest absolute Gasteiger partial charge is 0.480 e. The van der Waals surface area contributed by atoms with Crippen LogP contribution in [0.4, 0.5) is 4.79 Å². The molecule has 3 rings (SSSR count). The van der Waals surface area contributed by atoms with Crippen molar-refractivity contribution < 1.29 is 14.7 Å². The molecule has 6 heteroatoms. The zero-order valence-electron chi connectivity index (χ0n) is 17.0. The quantitative estimate of drug-likeness (QED) is 0.640. The Labute approximate surface area is 167 Å². The number of carboxylic acid groups (broad SMARTS) is 1. The van der Waals surface area contributed by atoms with E-state index in [0.29, 0.717) is 6.54 Å². The van der Waals surface area contributed by atoms with Gasteiger partial charge in [-0.25, -0.2) is 4.79 Å². The number of carboxylic acids is 1. The third-order valence-electron chi connectivity index (χ3n) is 6.73. The van der Waals surface area contributed by atoms with Crippen molar-refractivity contribution in [2.24, 2.45) is 0 Å². The summed E-state index contributed by atoms with van der Waals surface area (Å²) in [6.45, 7) is 4.87. The number of urea groups is 1. The molecule has 0 spiro atoms. The molecule has 0 saturated heterocycles. The number of carbonyl (C=O) groups is 2. The molecule has 0 aliphatic heterocycles. The molecule has 2 aliphatic carbocycles. The summed E-state index contributed by atoms with van der Waals surface area (Å²) in [4.78, 5) is 25.5. The van der Waals surface area contributed by atoms with Gasteiger partial charge in [-0.2, -0.15) is 0 Å². The van der Waals surface area contributed by atoms with E-state index in [1.54, 1.807) is 0 Å². The van der Waals surface area contributed by atoms with Gasteiger partial charge in [0.1, 0.15) is 0 Å². The van der Waals surface area contributed by atoms with Crippen molar-refractivity contribution in [1.29, 1.82) is 0 Å². The summed E-state index contributed by atoms with van der Waals surface area (Å²) in [7, 11) is 0. The third-order valence-corrected chi connectivity index (χ3v) is 6.73.